The molecule has 2 rings (SSSR count). The molecule has 0 N–H and O–H groups in total. The summed E-state index contributed by atoms with van der Waals surface area (Å²) in [5, 5.41) is 0. The predicted octanol–water partition coefficient (Wildman–Crippen LogP) is 4.44. The summed E-state index contributed by atoms with van der Waals surface area (Å²) in [6, 6.07) is -0.600. The molecule has 0 aromatic rings. The summed E-state index contributed by atoms with van der Waals surface area (Å²) in [6.07, 6.45) is 6.77. The highest BCUT2D eigenvalue weighted by atomic mass is 79.9. The van der Waals surface area contributed by atoms with E-state index in [9.17, 15) is 9.59 Å². The Morgan fingerprint density at radius 3 is 2.64 bits per heavy atom. The van der Waals surface area contributed by atoms with Crippen LogP contribution in [0.25, 0.3) is 0 Å². The van der Waals surface area contributed by atoms with E-state index in [2.05, 4.69) is 22.5 Å². The largest absolute Gasteiger partial charge is 0.467 e. The van der Waals surface area contributed by atoms with Crippen LogP contribution in [0.5, 0.6) is 0 Å². The highest BCUT2D eigenvalue weighted by molar-refractivity contribution is 9.09. The Bertz CT molecular complexity index is 530. The third kappa shape index (κ3) is 4.39. The summed E-state index contributed by atoms with van der Waals surface area (Å²) in [4.78, 5) is 27.4. The zero-order valence-corrected chi connectivity index (χ0v) is 17.3. The van der Waals surface area contributed by atoms with Gasteiger partial charge in [-0.3, -0.25) is 4.90 Å². The van der Waals surface area contributed by atoms with Crippen LogP contribution in [0.4, 0.5) is 4.79 Å². The lowest BCUT2D eigenvalue weighted by atomic mass is 9.67. The number of amides is 1. The van der Waals surface area contributed by atoms with Crippen molar-refractivity contribution < 1.29 is 19.1 Å². The van der Waals surface area contributed by atoms with E-state index in [0.29, 0.717) is 11.2 Å². The first-order chi connectivity index (χ1) is 11.6. The van der Waals surface area contributed by atoms with Crippen LogP contribution in [0.3, 0.4) is 0 Å². The van der Waals surface area contributed by atoms with Crippen molar-refractivity contribution in [2.75, 3.05) is 7.11 Å². The number of halogens is 1. The smallest absolute Gasteiger partial charge is 0.411 e. The molecule has 1 saturated carbocycles. The van der Waals surface area contributed by atoms with Crippen LogP contribution in [0.1, 0.15) is 59.3 Å². The third-order valence-corrected chi connectivity index (χ3v) is 6.17. The topological polar surface area (TPSA) is 55.8 Å². The lowest BCUT2D eigenvalue weighted by Gasteiger charge is -2.43. The molecule has 0 aromatic carbocycles. The van der Waals surface area contributed by atoms with Gasteiger partial charge in [-0.2, -0.15) is 0 Å². The minimum absolute atomic E-state index is 0.0236. The summed E-state index contributed by atoms with van der Waals surface area (Å²) in [5.74, 6) is -0.357. The van der Waals surface area contributed by atoms with E-state index in [1.165, 1.54) is 7.11 Å². The van der Waals surface area contributed by atoms with E-state index >= 15 is 0 Å². The maximum Gasteiger partial charge on any atom is 0.411 e. The molecule has 2 fully saturated rings. The second-order valence-corrected chi connectivity index (χ2v) is 9.50. The highest BCUT2D eigenvalue weighted by Gasteiger charge is 2.58. The average molecular weight is 416 g/mol. The minimum Gasteiger partial charge on any atom is -0.467 e. The molecule has 2 aliphatic rings. The number of esters is 1. The van der Waals surface area contributed by atoms with E-state index in [0.717, 1.165) is 32.1 Å². The molecular weight excluding hydrogens is 386 g/mol. The van der Waals surface area contributed by atoms with Gasteiger partial charge in [0.05, 0.1) is 7.11 Å². The summed E-state index contributed by atoms with van der Waals surface area (Å²) in [6.45, 7) is 9.36. The Balaban J connectivity index is 2.38. The number of methoxy groups -OCH3 is 1. The number of hydrogen-bond acceptors (Lipinski definition) is 4. The fourth-order valence-electron chi connectivity index (χ4n) is 4.25. The number of ether oxygens (including phenoxy) is 2. The van der Waals surface area contributed by atoms with E-state index in [-0.39, 0.29) is 17.4 Å². The number of hydrogen-bond donors (Lipinski definition) is 0. The lowest BCUT2D eigenvalue weighted by Crippen LogP contribution is -2.51. The molecule has 1 heterocycles. The van der Waals surface area contributed by atoms with Crippen LogP contribution in [-0.4, -0.2) is 46.6 Å². The highest BCUT2D eigenvalue weighted by Crippen LogP contribution is 2.54. The normalized spacial score (nSPS) is 32.0. The average Bonchev–Trinajstić information content (AvgIpc) is 2.85. The summed E-state index contributed by atoms with van der Waals surface area (Å²) in [5.41, 5.74) is -0.680. The number of carbonyl (C=O) groups is 2. The van der Waals surface area contributed by atoms with Crippen molar-refractivity contribution in [1.29, 1.82) is 0 Å². The van der Waals surface area contributed by atoms with Crippen molar-refractivity contribution in [3.63, 3.8) is 0 Å². The fourth-order valence-corrected chi connectivity index (χ4v) is 4.84. The van der Waals surface area contributed by atoms with Gasteiger partial charge in [0.15, 0.2) is 0 Å². The van der Waals surface area contributed by atoms with Gasteiger partial charge in [-0.1, -0.05) is 22.0 Å². The first-order valence-corrected chi connectivity index (χ1v) is 9.89. The first-order valence-electron chi connectivity index (χ1n) is 8.97. The minimum atomic E-state index is -0.605. The van der Waals surface area contributed by atoms with Gasteiger partial charge in [0.2, 0.25) is 0 Å². The Labute approximate surface area is 159 Å². The van der Waals surface area contributed by atoms with Gasteiger partial charge in [-0.15, -0.1) is 6.58 Å². The summed E-state index contributed by atoms with van der Waals surface area (Å²) >= 11 is 3.71. The molecule has 1 aliphatic heterocycles. The lowest BCUT2D eigenvalue weighted by molar-refractivity contribution is -0.146. The van der Waals surface area contributed by atoms with Crippen molar-refractivity contribution >= 4 is 28.0 Å². The molecule has 6 heteroatoms. The number of fused-ring (bicyclic) bond motifs is 1. The van der Waals surface area contributed by atoms with Crippen molar-refractivity contribution in [3.05, 3.63) is 12.7 Å². The van der Waals surface area contributed by atoms with Gasteiger partial charge in [0.1, 0.15) is 11.6 Å². The third-order valence-electron chi connectivity index (χ3n) is 5.34. The zero-order valence-electron chi connectivity index (χ0n) is 15.7. The Hall–Kier alpha value is -1.04. The van der Waals surface area contributed by atoms with E-state index in [1.807, 2.05) is 26.8 Å². The molecule has 0 unspecified atom stereocenters. The molecule has 1 aliphatic carbocycles. The number of nitrogens with zero attached hydrogens (tertiary/aromatic N) is 1. The molecule has 5 nitrogen and oxygen atoms in total. The van der Waals surface area contributed by atoms with Crippen LogP contribution >= 0.6 is 15.9 Å². The van der Waals surface area contributed by atoms with Crippen molar-refractivity contribution in [2.45, 2.75) is 81.8 Å². The fraction of sp³-hybridized carbons (Fsp3) is 0.789. The SMILES string of the molecule is C=CCC[C@@]12CC[C@H](Br)C[C@@H]1N(C(=O)OC(C)(C)C)[C@H](C(=O)OC)C2. The van der Waals surface area contributed by atoms with Gasteiger partial charge in [-0.05, 0) is 64.7 Å². The molecule has 1 saturated heterocycles. The first kappa shape index (κ1) is 20.3. The number of likely N-dealkylation sites (tertiary alicyclic amines) is 1. The van der Waals surface area contributed by atoms with Crippen LogP contribution in [0.15, 0.2) is 12.7 Å². The van der Waals surface area contributed by atoms with Crippen molar-refractivity contribution in [3.8, 4) is 0 Å². The van der Waals surface area contributed by atoms with Crippen LogP contribution in [0, 0.1) is 5.41 Å². The predicted molar refractivity (Wildman–Crippen MR) is 101 cm³/mol. The maximum atomic E-state index is 12.9. The molecule has 1 amide bonds. The maximum absolute atomic E-state index is 12.9. The Morgan fingerprint density at radius 2 is 2.08 bits per heavy atom. The van der Waals surface area contributed by atoms with Crippen LogP contribution in [-0.2, 0) is 14.3 Å². The monoisotopic (exact) mass is 415 g/mol. The second kappa shape index (κ2) is 7.68. The van der Waals surface area contributed by atoms with Crippen molar-refractivity contribution in [1.82, 2.24) is 4.90 Å². The molecular formula is C19H30BrNO4. The molecule has 25 heavy (non-hydrogen) atoms. The van der Waals surface area contributed by atoms with Crippen LogP contribution in [0.2, 0.25) is 0 Å². The quantitative estimate of drug-likeness (QED) is 0.386. The van der Waals surface area contributed by atoms with Crippen LogP contribution < -0.4 is 0 Å². The second-order valence-electron chi connectivity index (χ2n) is 8.21. The van der Waals surface area contributed by atoms with E-state index in [4.69, 9.17) is 9.47 Å². The molecule has 4 atom stereocenters. The Morgan fingerprint density at radius 1 is 1.40 bits per heavy atom. The van der Waals surface area contributed by atoms with Gasteiger partial charge >= 0.3 is 12.1 Å². The number of alkyl halides is 1. The molecule has 0 spiro atoms. The van der Waals surface area contributed by atoms with Gasteiger partial charge < -0.3 is 9.47 Å². The molecule has 0 aromatic heterocycles. The number of carbonyl (C=O) groups excluding carboxylic acids is 2. The Kier molecular flexibility index (Phi) is 6.23. The summed E-state index contributed by atoms with van der Waals surface area (Å²) in [7, 11) is 1.38. The molecule has 0 bridgehead atoms. The standard InChI is InChI=1S/C19H30BrNO4/c1-6-7-9-19-10-8-13(20)11-15(19)21(14(12-19)16(22)24-5)17(23)25-18(2,3)4/h6,13-15H,1,7-12H2,2-5H3/t13-,14-,15-,19-/m0/s1. The summed E-state index contributed by atoms with van der Waals surface area (Å²) < 4.78 is 10.6. The number of rotatable bonds is 4. The number of allylic oxidation sites excluding steroid dienone is 1. The van der Waals surface area contributed by atoms with Gasteiger partial charge in [-0.25, -0.2) is 9.59 Å². The van der Waals surface area contributed by atoms with E-state index < -0.39 is 17.7 Å². The van der Waals surface area contributed by atoms with Gasteiger partial charge in [0.25, 0.3) is 0 Å². The van der Waals surface area contributed by atoms with Crippen molar-refractivity contribution in [2.24, 2.45) is 5.41 Å². The molecule has 142 valence electrons. The van der Waals surface area contributed by atoms with Gasteiger partial charge in [0, 0.05) is 10.9 Å². The van der Waals surface area contributed by atoms with E-state index in [1.54, 1.807) is 4.90 Å². The molecule has 0 radical (unpaired) electrons. The zero-order chi connectivity index (χ0) is 18.8.